The quantitative estimate of drug-likeness (QED) is 0.832. The van der Waals surface area contributed by atoms with Gasteiger partial charge in [0.25, 0.3) is 0 Å². The fraction of sp³-hybridized carbons (Fsp3) is 0.385. The third-order valence-corrected chi connectivity index (χ3v) is 3.39. The summed E-state index contributed by atoms with van der Waals surface area (Å²) >= 11 is 5.89. The van der Waals surface area contributed by atoms with Gasteiger partial charge < -0.3 is 10.4 Å². The average Bonchev–Trinajstić information content (AvgIpc) is 3.19. The van der Waals surface area contributed by atoms with E-state index in [1.54, 1.807) is 0 Å². The Morgan fingerprint density at radius 3 is 2.89 bits per heavy atom. The maximum absolute atomic E-state index is 9.85. The third-order valence-electron chi connectivity index (χ3n) is 3.22. The number of fused-ring (bicyclic) bond motifs is 1. The molecule has 18 heavy (non-hydrogen) atoms. The Labute approximate surface area is 110 Å². The van der Waals surface area contributed by atoms with Crippen LogP contribution in [-0.4, -0.2) is 27.7 Å². The molecule has 1 atom stereocenters. The van der Waals surface area contributed by atoms with Crippen molar-refractivity contribution in [3.63, 3.8) is 0 Å². The number of nitrogens with zero attached hydrogens (tertiary/aromatic N) is 2. The number of anilines is 1. The minimum absolute atomic E-state index is 0.220. The molecule has 4 nitrogen and oxygen atoms in total. The highest BCUT2D eigenvalue weighted by molar-refractivity contribution is 6.28. The van der Waals surface area contributed by atoms with Crippen LogP contribution < -0.4 is 5.32 Å². The van der Waals surface area contributed by atoms with Gasteiger partial charge in [-0.05, 0) is 42.5 Å². The molecule has 0 amide bonds. The number of rotatable bonds is 4. The molecule has 1 unspecified atom stereocenters. The van der Waals surface area contributed by atoms with E-state index >= 15 is 0 Å². The minimum Gasteiger partial charge on any atom is -0.391 e. The van der Waals surface area contributed by atoms with Crippen molar-refractivity contribution in [1.82, 2.24) is 9.97 Å². The predicted molar refractivity (Wildman–Crippen MR) is 71.8 cm³/mol. The standard InChI is InChI=1S/C13H14ClN3O/c14-13-16-10-4-2-1-3-9(10)12(17-13)15-7-11(18)8-5-6-8/h1-4,8,11,18H,5-7H2,(H,15,16,17). The Bertz CT molecular complexity index is 571. The molecule has 1 aromatic carbocycles. The first kappa shape index (κ1) is 11.7. The van der Waals surface area contributed by atoms with E-state index in [2.05, 4.69) is 15.3 Å². The van der Waals surface area contributed by atoms with Gasteiger partial charge in [-0.3, -0.25) is 0 Å². The number of nitrogens with one attached hydrogen (secondary N) is 1. The first-order valence-corrected chi connectivity index (χ1v) is 6.46. The zero-order valence-electron chi connectivity index (χ0n) is 9.81. The molecule has 3 rings (SSSR count). The molecule has 0 saturated heterocycles. The van der Waals surface area contributed by atoms with Gasteiger partial charge in [0.1, 0.15) is 5.82 Å². The van der Waals surface area contributed by atoms with Crippen molar-refractivity contribution in [2.24, 2.45) is 5.92 Å². The summed E-state index contributed by atoms with van der Waals surface area (Å²) < 4.78 is 0. The Morgan fingerprint density at radius 2 is 2.11 bits per heavy atom. The highest BCUT2D eigenvalue weighted by Crippen LogP contribution is 2.32. The summed E-state index contributed by atoms with van der Waals surface area (Å²) in [6, 6.07) is 7.68. The molecule has 1 saturated carbocycles. The lowest BCUT2D eigenvalue weighted by atomic mass is 10.2. The topological polar surface area (TPSA) is 58.0 Å². The van der Waals surface area contributed by atoms with E-state index in [9.17, 15) is 5.11 Å². The largest absolute Gasteiger partial charge is 0.391 e. The van der Waals surface area contributed by atoms with Crippen molar-refractivity contribution in [2.45, 2.75) is 18.9 Å². The Balaban J connectivity index is 1.85. The van der Waals surface area contributed by atoms with Crippen molar-refractivity contribution >= 4 is 28.3 Å². The lowest BCUT2D eigenvalue weighted by Gasteiger charge is -2.12. The van der Waals surface area contributed by atoms with Gasteiger partial charge in [-0.2, -0.15) is 0 Å². The van der Waals surface area contributed by atoms with Gasteiger partial charge in [0.2, 0.25) is 5.28 Å². The number of aliphatic hydroxyl groups excluding tert-OH is 1. The van der Waals surface area contributed by atoms with E-state index in [1.165, 1.54) is 0 Å². The van der Waals surface area contributed by atoms with E-state index in [-0.39, 0.29) is 11.4 Å². The summed E-state index contributed by atoms with van der Waals surface area (Å²) in [6.45, 7) is 0.502. The maximum Gasteiger partial charge on any atom is 0.224 e. The van der Waals surface area contributed by atoms with Crippen LogP contribution in [0.2, 0.25) is 5.28 Å². The van der Waals surface area contributed by atoms with Crippen LogP contribution in [0.3, 0.4) is 0 Å². The van der Waals surface area contributed by atoms with Crippen LogP contribution in [0.25, 0.3) is 10.9 Å². The van der Waals surface area contributed by atoms with Crippen LogP contribution in [0.1, 0.15) is 12.8 Å². The minimum atomic E-state index is -0.308. The van der Waals surface area contributed by atoms with Gasteiger partial charge in [0.15, 0.2) is 0 Å². The van der Waals surface area contributed by atoms with Crippen LogP contribution in [0.5, 0.6) is 0 Å². The molecule has 1 heterocycles. The van der Waals surface area contributed by atoms with Crippen LogP contribution in [0.15, 0.2) is 24.3 Å². The fourth-order valence-electron chi connectivity index (χ4n) is 2.03. The molecule has 0 bridgehead atoms. The Kier molecular flexibility index (Phi) is 3.06. The van der Waals surface area contributed by atoms with Gasteiger partial charge in [-0.25, -0.2) is 9.97 Å². The first-order valence-electron chi connectivity index (χ1n) is 6.08. The number of benzene rings is 1. The van der Waals surface area contributed by atoms with Crippen LogP contribution >= 0.6 is 11.6 Å². The molecule has 2 aromatic rings. The van der Waals surface area contributed by atoms with Crippen molar-refractivity contribution in [2.75, 3.05) is 11.9 Å². The SMILES string of the molecule is OC(CNc1nc(Cl)nc2ccccc12)C1CC1. The number of hydrogen-bond donors (Lipinski definition) is 2. The fourth-order valence-corrected chi connectivity index (χ4v) is 2.21. The van der Waals surface area contributed by atoms with Crippen LogP contribution in [0.4, 0.5) is 5.82 Å². The highest BCUT2D eigenvalue weighted by Gasteiger charge is 2.29. The van der Waals surface area contributed by atoms with Crippen molar-refractivity contribution in [1.29, 1.82) is 0 Å². The number of hydrogen-bond acceptors (Lipinski definition) is 4. The number of aliphatic hydroxyl groups is 1. The molecule has 2 N–H and O–H groups in total. The van der Waals surface area contributed by atoms with Gasteiger partial charge in [-0.15, -0.1) is 0 Å². The molecule has 1 aliphatic carbocycles. The number of para-hydroxylation sites is 1. The van der Waals surface area contributed by atoms with Gasteiger partial charge in [-0.1, -0.05) is 12.1 Å². The molecule has 5 heteroatoms. The third kappa shape index (κ3) is 2.40. The lowest BCUT2D eigenvalue weighted by molar-refractivity contribution is 0.164. The van der Waals surface area contributed by atoms with Gasteiger partial charge in [0, 0.05) is 11.9 Å². The molecular formula is C13H14ClN3O. The van der Waals surface area contributed by atoms with Crippen molar-refractivity contribution in [3.8, 4) is 0 Å². The smallest absolute Gasteiger partial charge is 0.224 e. The normalized spacial score (nSPS) is 16.8. The van der Waals surface area contributed by atoms with E-state index < -0.39 is 0 Å². The summed E-state index contributed by atoms with van der Waals surface area (Å²) in [6.07, 6.45) is 1.93. The average molecular weight is 264 g/mol. The van der Waals surface area contributed by atoms with E-state index in [4.69, 9.17) is 11.6 Å². The molecule has 1 aromatic heterocycles. The first-order chi connectivity index (χ1) is 8.74. The lowest BCUT2D eigenvalue weighted by Crippen LogP contribution is -2.22. The van der Waals surface area contributed by atoms with Gasteiger partial charge in [0.05, 0.1) is 11.6 Å². The van der Waals surface area contributed by atoms with Crippen molar-refractivity contribution in [3.05, 3.63) is 29.5 Å². The monoisotopic (exact) mass is 263 g/mol. The van der Waals surface area contributed by atoms with Crippen molar-refractivity contribution < 1.29 is 5.11 Å². The van der Waals surface area contributed by atoms with Crippen LogP contribution in [0, 0.1) is 5.92 Å². The molecule has 0 spiro atoms. The Hall–Kier alpha value is -1.39. The maximum atomic E-state index is 9.85. The van der Waals surface area contributed by atoms with E-state index in [0.29, 0.717) is 18.3 Å². The summed E-state index contributed by atoms with van der Waals surface area (Å²) in [5.41, 5.74) is 0.806. The number of aromatic nitrogens is 2. The summed E-state index contributed by atoms with van der Waals surface area (Å²) in [5.74, 6) is 1.13. The molecule has 94 valence electrons. The number of halogens is 1. The summed E-state index contributed by atoms with van der Waals surface area (Å²) in [5, 5.41) is 14.2. The second-order valence-corrected chi connectivity index (χ2v) is 4.98. The molecule has 0 aliphatic heterocycles. The Morgan fingerprint density at radius 1 is 1.33 bits per heavy atom. The molecular weight excluding hydrogens is 250 g/mol. The van der Waals surface area contributed by atoms with Crippen LogP contribution in [-0.2, 0) is 0 Å². The molecule has 1 aliphatic rings. The second kappa shape index (κ2) is 4.71. The predicted octanol–water partition coefficient (Wildman–Crippen LogP) is 2.47. The molecule has 0 radical (unpaired) electrons. The zero-order chi connectivity index (χ0) is 12.5. The second-order valence-electron chi connectivity index (χ2n) is 4.64. The molecule has 1 fully saturated rings. The zero-order valence-corrected chi connectivity index (χ0v) is 10.6. The summed E-state index contributed by atoms with van der Waals surface area (Å²) in [7, 11) is 0. The van der Waals surface area contributed by atoms with E-state index in [1.807, 2.05) is 24.3 Å². The summed E-state index contributed by atoms with van der Waals surface area (Å²) in [4.78, 5) is 8.35. The van der Waals surface area contributed by atoms with Gasteiger partial charge >= 0.3 is 0 Å². The van der Waals surface area contributed by atoms with E-state index in [0.717, 1.165) is 23.7 Å². The highest BCUT2D eigenvalue weighted by atomic mass is 35.5.